The first-order chi connectivity index (χ1) is 13.5. The summed E-state index contributed by atoms with van der Waals surface area (Å²) in [5.74, 6) is 0.801. The average Bonchev–Trinajstić information content (AvgIpc) is 2.68. The van der Waals surface area contributed by atoms with Crippen LogP contribution in [-0.4, -0.2) is 43.8 Å². The SMILES string of the molecule is CCOC(=O)c1ccc(Cl)cc1O[C@H]1CC[C@H]2CN[C@H](C(=O)OCC)C[C@H]2C1.Cl. The van der Waals surface area contributed by atoms with Crippen molar-refractivity contribution in [3.05, 3.63) is 28.8 Å². The van der Waals surface area contributed by atoms with E-state index in [0.29, 0.717) is 41.4 Å². The summed E-state index contributed by atoms with van der Waals surface area (Å²) >= 11 is 6.12. The molecule has 2 fully saturated rings. The molecule has 0 radical (unpaired) electrons. The summed E-state index contributed by atoms with van der Waals surface area (Å²) < 4.78 is 16.5. The maximum atomic E-state index is 12.2. The van der Waals surface area contributed by atoms with E-state index in [4.69, 9.17) is 25.8 Å². The fourth-order valence-electron chi connectivity index (χ4n) is 4.20. The highest BCUT2D eigenvalue weighted by Crippen LogP contribution is 2.38. The topological polar surface area (TPSA) is 73.9 Å². The second-order valence-corrected chi connectivity index (χ2v) is 7.82. The summed E-state index contributed by atoms with van der Waals surface area (Å²) in [6, 6.07) is 4.72. The molecule has 1 saturated heterocycles. The van der Waals surface area contributed by atoms with Crippen molar-refractivity contribution in [2.75, 3.05) is 19.8 Å². The van der Waals surface area contributed by atoms with Gasteiger partial charge in [-0.1, -0.05) is 11.6 Å². The van der Waals surface area contributed by atoms with E-state index in [1.807, 2.05) is 6.92 Å². The lowest BCUT2D eigenvalue weighted by Crippen LogP contribution is -2.51. The largest absolute Gasteiger partial charge is 0.489 e. The zero-order valence-corrected chi connectivity index (χ0v) is 18.4. The highest BCUT2D eigenvalue weighted by atomic mass is 35.5. The van der Waals surface area contributed by atoms with Crippen LogP contribution in [0.5, 0.6) is 5.75 Å². The van der Waals surface area contributed by atoms with E-state index >= 15 is 0 Å². The maximum Gasteiger partial charge on any atom is 0.341 e. The second-order valence-electron chi connectivity index (χ2n) is 7.38. The molecule has 1 saturated carbocycles. The summed E-state index contributed by atoms with van der Waals surface area (Å²) in [4.78, 5) is 24.3. The first-order valence-corrected chi connectivity index (χ1v) is 10.4. The number of piperidine rings is 1. The van der Waals surface area contributed by atoms with E-state index in [0.717, 1.165) is 32.2 Å². The molecule has 1 aromatic rings. The highest BCUT2D eigenvalue weighted by Gasteiger charge is 2.39. The van der Waals surface area contributed by atoms with Crippen molar-refractivity contribution < 1.29 is 23.8 Å². The van der Waals surface area contributed by atoms with Gasteiger partial charge in [-0.25, -0.2) is 4.79 Å². The van der Waals surface area contributed by atoms with Crippen LogP contribution in [0.1, 0.15) is 49.9 Å². The van der Waals surface area contributed by atoms with Crippen LogP contribution in [0.3, 0.4) is 0 Å². The Hall–Kier alpha value is -1.50. The van der Waals surface area contributed by atoms with Crippen molar-refractivity contribution >= 4 is 35.9 Å². The number of hydrogen-bond acceptors (Lipinski definition) is 6. The summed E-state index contributed by atoms with van der Waals surface area (Å²) in [5.41, 5.74) is 0.392. The Morgan fingerprint density at radius 1 is 1.10 bits per heavy atom. The third kappa shape index (κ3) is 6.00. The molecule has 0 aromatic heterocycles. The summed E-state index contributed by atoms with van der Waals surface area (Å²) in [7, 11) is 0. The van der Waals surface area contributed by atoms with Gasteiger partial charge >= 0.3 is 11.9 Å². The Labute approximate surface area is 183 Å². The van der Waals surface area contributed by atoms with Gasteiger partial charge in [0, 0.05) is 5.02 Å². The van der Waals surface area contributed by atoms with Gasteiger partial charge in [0.2, 0.25) is 0 Å². The van der Waals surface area contributed by atoms with E-state index in [1.165, 1.54) is 0 Å². The van der Waals surface area contributed by atoms with Crippen molar-refractivity contribution in [1.29, 1.82) is 0 Å². The maximum absolute atomic E-state index is 12.2. The number of esters is 2. The molecule has 1 aromatic carbocycles. The molecule has 0 unspecified atom stereocenters. The molecule has 4 atom stereocenters. The quantitative estimate of drug-likeness (QED) is 0.666. The van der Waals surface area contributed by atoms with E-state index in [2.05, 4.69) is 5.32 Å². The van der Waals surface area contributed by atoms with Crippen LogP contribution in [0.15, 0.2) is 18.2 Å². The van der Waals surface area contributed by atoms with Gasteiger partial charge < -0.3 is 19.5 Å². The number of benzene rings is 1. The summed E-state index contributed by atoms with van der Waals surface area (Å²) in [5, 5.41) is 3.83. The van der Waals surface area contributed by atoms with Gasteiger partial charge in [-0.3, -0.25) is 4.79 Å². The van der Waals surface area contributed by atoms with Crippen molar-refractivity contribution in [2.45, 2.75) is 51.7 Å². The lowest BCUT2D eigenvalue weighted by atomic mass is 9.72. The van der Waals surface area contributed by atoms with Crippen LogP contribution in [0.25, 0.3) is 0 Å². The molecule has 2 aliphatic rings. The number of halogens is 2. The smallest absolute Gasteiger partial charge is 0.341 e. The van der Waals surface area contributed by atoms with Crippen molar-refractivity contribution in [3.63, 3.8) is 0 Å². The monoisotopic (exact) mass is 445 g/mol. The Bertz CT molecular complexity index is 714. The van der Waals surface area contributed by atoms with Crippen molar-refractivity contribution in [1.82, 2.24) is 5.32 Å². The van der Waals surface area contributed by atoms with E-state index in [1.54, 1.807) is 25.1 Å². The number of fused-ring (bicyclic) bond motifs is 1. The predicted molar refractivity (Wildman–Crippen MR) is 113 cm³/mol. The van der Waals surface area contributed by atoms with Gasteiger partial charge in [0.05, 0.1) is 19.3 Å². The zero-order valence-electron chi connectivity index (χ0n) is 16.8. The Morgan fingerprint density at radius 3 is 2.59 bits per heavy atom. The molecule has 162 valence electrons. The van der Waals surface area contributed by atoms with E-state index < -0.39 is 5.97 Å². The van der Waals surface area contributed by atoms with Crippen LogP contribution in [-0.2, 0) is 14.3 Å². The molecule has 1 aliphatic heterocycles. The number of rotatable bonds is 6. The number of nitrogens with one attached hydrogen (secondary N) is 1. The van der Waals surface area contributed by atoms with Gasteiger partial charge in [-0.2, -0.15) is 0 Å². The third-order valence-electron chi connectivity index (χ3n) is 5.56. The summed E-state index contributed by atoms with van der Waals surface area (Å²) in [6.45, 7) is 5.11. The van der Waals surface area contributed by atoms with Gasteiger partial charge in [-0.15, -0.1) is 12.4 Å². The van der Waals surface area contributed by atoms with Crippen molar-refractivity contribution in [2.24, 2.45) is 11.8 Å². The fourth-order valence-corrected chi connectivity index (χ4v) is 4.36. The molecular weight excluding hydrogens is 417 g/mol. The zero-order chi connectivity index (χ0) is 20.1. The molecule has 6 nitrogen and oxygen atoms in total. The van der Waals surface area contributed by atoms with Gasteiger partial charge in [0.25, 0.3) is 0 Å². The first kappa shape index (κ1) is 23.8. The van der Waals surface area contributed by atoms with Crippen LogP contribution in [0.2, 0.25) is 5.02 Å². The lowest BCUT2D eigenvalue weighted by Gasteiger charge is -2.41. The molecule has 1 N–H and O–H groups in total. The van der Waals surface area contributed by atoms with Crippen LogP contribution >= 0.6 is 24.0 Å². The number of ether oxygens (including phenoxy) is 3. The van der Waals surface area contributed by atoms with Gasteiger partial charge in [-0.05, 0) is 76.1 Å². The standard InChI is InChI=1S/C21H28ClNO5.ClH/c1-3-26-20(24)17-8-6-15(22)11-19(17)28-16-7-5-13-12-23-18(10-14(13)9-16)21(25)27-4-2;/h6,8,11,13-14,16,18,23H,3-5,7,9-10,12H2,1-2H3;1H/t13-,14+,16-,18-;/m0./s1. The van der Waals surface area contributed by atoms with Crippen LogP contribution < -0.4 is 10.1 Å². The third-order valence-corrected chi connectivity index (χ3v) is 5.80. The molecule has 1 heterocycles. The molecule has 0 amide bonds. The minimum Gasteiger partial charge on any atom is -0.489 e. The normalized spacial score (nSPS) is 25.9. The average molecular weight is 446 g/mol. The predicted octanol–water partition coefficient (Wildman–Crippen LogP) is 4.03. The Morgan fingerprint density at radius 2 is 1.86 bits per heavy atom. The minimum absolute atomic E-state index is 0. The van der Waals surface area contributed by atoms with Gasteiger partial charge in [0.1, 0.15) is 17.4 Å². The first-order valence-electron chi connectivity index (χ1n) is 10.0. The molecule has 3 rings (SSSR count). The fraction of sp³-hybridized carbons (Fsp3) is 0.619. The Kier molecular flexibility index (Phi) is 9.05. The molecule has 29 heavy (non-hydrogen) atoms. The minimum atomic E-state index is -0.410. The second kappa shape index (κ2) is 11.0. The van der Waals surface area contributed by atoms with Crippen LogP contribution in [0, 0.1) is 11.8 Å². The molecular formula is C21H29Cl2NO5. The molecule has 8 heteroatoms. The Balaban J connectivity index is 0.00000300. The number of hydrogen-bond donors (Lipinski definition) is 1. The molecule has 0 spiro atoms. The lowest BCUT2D eigenvalue weighted by molar-refractivity contribution is -0.147. The number of carbonyl (C=O) groups is 2. The number of carbonyl (C=O) groups excluding carboxylic acids is 2. The van der Waals surface area contributed by atoms with E-state index in [9.17, 15) is 9.59 Å². The molecule has 1 aliphatic carbocycles. The van der Waals surface area contributed by atoms with Gasteiger partial charge in [0.15, 0.2) is 0 Å². The highest BCUT2D eigenvalue weighted by molar-refractivity contribution is 6.30. The van der Waals surface area contributed by atoms with Crippen LogP contribution in [0.4, 0.5) is 0 Å². The molecule has 0 bridgehead atoms. The van der Waals surface area contributed by atoms with E-state index in [-0.39, 0.29) is 30.5 Å². The summed E-state index contributed by atoms with van der Waals surface area (Å²) in [6.07, 6.45) is 3.50. The van der Waals surface area contributed by atoms with Crippen molar-refractivity contribution in [3.8, 4) is 5.75 Å².